The molecular weight excluding hydrogens is 240 g/mol. The molecule has 0 saturated heterocycles. The summed E-state index contributed by atoms with van der Waals surface area (Å²) >= 11 is 0. The van der Waals surface area contributed by atoms with Crippen LogP contribution in [0.1, 0.15) is 44.6 Å². The lowest BCUT2D eigenvalue weighted by Gasteiger charge is -2.26. The van der Waals surface area contributed by atoms with E-state index >= 15 is 0 Å². The second-order valence-electron chi connectivity index (χ2n) is 5.16. The predicted molar refractivity (Wildman–Crippen MR) is 66.2 cm³/mol. The number of hydrogen-bond acceptors (Lipinski definition) is 5. The topological polar surface area (TPSA) is 90.9 Å². The molecule has 1 rings (SSSR count). The van der Waals surface area contributed by atoms with Gasteiger partial charge in [-0.1, -0.05) is 0 Å². The van der Waals surface area contributed by atoms with Gasteiger partial charge in [0.1, 0.15) is 11.1 Å². The van der Waals surface area contributed by atoms with E-state index in [2.05, 4.69) is 10.2 Å². The smallest absolute Gasteiger partial charge is 0.157 e. The number of rotatable bonds is 3. The van der Waals surface area contributed by atoms with Crippen LogP contribution in [-0.4, -0.2) is 29.4 Å². The minimum absolute atomic E-state index is 0.237. The van der Waals surface area contributed by atoms with Gasteiger partial charge in [-0.25, -0.2) is 8.42 Å². The molecule has 1 unspecified atom stereocenters. The monoisotopic (exact) mass is 260 g/mol. The van der Waals surface area contributed by atoms with Crippen molar-refractivity contribution in [2.75, 3.05) is 6.26 Å². The highest BCUT2D eigenvalue weighted by molar-refractivity contribution is 7.90. The Morgan fingerprint density at radius 2 is 1.88 bits per heavy atom. The van der Waals surface area contributed by atoms with E-state index in [1.54, 1.807) is 11.5 Å². The van der Waals surface area contributed by atoms with Gasteiger partial charge in [0.05, 0.1) is 6.54 Å². The first-order chi connectivity index (χ1) is 7.59. The van der Waals surface area contributed by atoms with Gasteiger partial charge >= 0.3 is 0 Å². The van der Waals surface area contributed by atoms with Crippen LogP contribution >= 0.6 is 0 Å². The van der Waals surface area contributed by atoms with Crippen molar-refractivity contribution in [3.8, 4) is 0 Å². The molecule has 1 atom stereocenters. The molecule has 7 heteroatoms. The lowest BCUT2D eigenvalue weighted by molar-refractivity contribution is 0.368. The second kappa shape index (κ2) is 4.38. The molecule has 98 valence electrons. The molecule has 0 saturated carbocycles. The van der Waals surface area contributed by atoms with Crippen LogP contribution in [0.2, 0.25) is 0 Å². The zero-order valence-electron chi connectivity index (χ0n) is 10.9. The van der Waals surface area contributed by atoms with Crippen LogP contribution in [0, 0.1) is 0 Å². The van der Waals surface area contributed by atoms with Crippen LogP contribution in [0.15, 0.2) is 0 Å². The van der Waals surface area contributed by atoms with Crippen LogP contribution in [0.25, 0.3) is 0 Å². The first-order valence-electron chi connectivity index (χ1n) is 5.42. The van der Waals surface area contributed by atoms with Crippen LogP contribution < -0.4 is 5.73 Å². The molecule has 0 fully saturated rings. The third kappa shape index (κ3) is 2.84. The highest BCUT2D eigenvalue weighted by Gasteiger charge is 2.29. The van der Waals surface area contributed by atoms with Crippen LogP contribution in [0.3, 0.4) is 0 Å². The molecular formula is C10H20N4O2S. The summed E-state index contributed by atoms with van der Waals surface area (Å²) in [6.07, 6.45) is 1.20. The van der Waals surface area contributed by atoms with Gasteiger partial charge in [0.25, 0.3) is 0 Å². The summed E-state index contributed by atoms with van der Waals surface area (Å²) in [6.45, 7) is 7.75. The molecule has 2 N–H and O–H groups in total. The lowest BCUT2D eigenvalue weighted by atomic mass is 10.1. The minimum atomic E-state index is -3.20. The Labute approximate surface area is 102 Å². The molecule has 0 aliphatic heterocycles. The SMILES string of the molecule is CC(c1nnc(CN)n1C(C)(C)C)S(C)(=O)=O. The standard InChI is InChI=1S/C10H20N4O2S/c1-7(17(5,15)16)9-13-12-8(6-11)14(9)10(2,3)4/h7H,6,11H2,1-5H3. The third-order valence-electron chi connectivity index (χ3n) is 2.61. The van der Waals surface area contributed by atoms with Gasteiger partial charge in [-0.15, -0.1) is 10.2 Å². The predicted octanol–water partition coefficient (Wildman–Crippen LogP) is 0.597. The first kappa shape index (κ1) is 14.1. The lowest BCUT2D eigenvalue weighted by Crippen LogP contribution is -2.29. The fourth-order valence-corrected chi connectivity index (χ4v) is 2.18. The van der Waals surface area contributed by atoms with Crippen LogP contribution in [0.5, 0.6) is 0 Å². The van der Waals surface area contributed by atoms with E-state index in [-0.39, 0.29) is 12.1 Å². The zero-order valence-corrected chi connectivity index (χ0v) is 11.7. The van der Waals surface area contributed by atoms with E-state index < -0.39 is 15.1 Å². The Hall–Kier alpha value is -0.950. The summed E-state index contributed by atoms with van der Waals surface area (Å²) in [6, 6.07) is 0. The van der Waals surface area contributed by atoms with Crippen molar-refractivity contribution in [2.24, 2.45) is 5.73 Å². The normalized spacial score (nSPS) is 14.9. The van der Waals surface area contributed by atoms with Crippen molar-refractivity contribution in [2.45, 2.75) is 45.0 Å². The summed E-state index contributed by atoms with van der Waals surface area (Å²) in [5.41, 5.74) is 5.30. The molecule has 0 aromatic carbocycles. The van der Waals surface area contributed by atoms with Gasteiger partial charge in [-0.3, -0.25) is 0 Å². The maximum absolute atomic E-state index is 11.6. The summed E-state index contributed by atoms with van der Waals surface area (Å²) in [5, 5.41) is 7.25. The molecule has 1 aromatic heterocycles. The van der Waals surface area contributed by atoms with Gasteiger partial charge in [-0.05, 0) is 27.7 Å². The zero-order chi connectivity index (χ0) is 13.4. The Balaban J connectivity index is 3.42. The number of hydrogen-bond donors (Lipinski definition) is 1. The van der Waals surface area contributed by atoms with Gasteiger partial charge < -0.3 is 10.3 Å². The summed E-state index contributed by atoms with van der Waals surface area (Å²) in [5.74, 6) is 1.04. The molecule has 0 spiro atoms. The second-order valence-corrected chi connectivity index (χ2v) is 7.52. The molecule has 0 amide bonds. The van der Waals surface area contributed by atoms with E-state index in [1.807, 2.05) is 20.8 Å². The Morgan fingerprint density at radius 3 is 2.24 bits per heavy atom. The summed E-state index contributed by atoms with van der Waals surface area (Å²) in [7, 11) is -3.20. The van der Waals surface area contributed by atoms with Crippen molar-refractivity contribution < 1.29 is 8.42 Å². The van der Waals surface area contributed by atoms with Crippen molar-refractivity contribution >= 4 is 9.84 Å². The average molecular weight is 260 g/mol. The highest BCUT2D eigenvalue weighted by atomic mass is 32.2. The third-order valence-corrected chi connectivity index (χ3v) is 4.11. The van der Waals surface area contributed by atoms with E-state index in [4.69, 9.17) is 5.73 Å². The van der Waals surface area contributed by atoms with E-state index in [0.717, 1.165) is 0 Å². The van der Waals surface area contributed by atoms with E-state index in [9.17, 15) is 8.42 Å². The number of sulfone groups is 1. The van der Waals surface area contributed by atoms with Crippen molar-refractivity contribution in [3.05, 3.63) is 11.6 Å². The number of aromatic nitrogens is 3. The van der Waals surface area contributed by atoms with Crippen molar-refractivity contribution in [1.82, 2.24) is 14.8 Å². The fourth-order valence-electron chi connectivity index (χ4n) is 1.65. The minimum Gasteiger partial charge on any atom is -0.324 e. The maximum Gasteiger partial charge on any atom is 0.157 e. The number of nitrogens with two attached hydrogens (primary N) is 1. The maximum atomic E-state index is 11.6. The summed E-state index contributed by atoms with van der Waals surface area (Å²) < 4.78 is 25.0. The molecule has 17 heavy (non-hydrogen) atoms. The molecule has 1 aromatic rings. The van der Waals surface area contributed by atoms with Gasteiger partial charge in [0.15, 0.2) is 15.7 Å². The largest absolute Gasteiger partial charge is 0.324 e. The molecule has 0 bridgehead atoms. The van der Waals surface area contributed by atoms with E-state index in [0.29, 0.717) is 11.6 Å². The van der Waals surface area contributed by atoms with Gasteiger partial charge in [0.2, 0.25) is 0 Å². The molecule has 1 heterocycles. The Kier molecular flexibility index (Phi) is 3.63. The van der Waals surface area contributed by atoms with Gasteiger partial charge in [0, 0.05) is 11.8 Å². The van der Waals surface area contributed by atoms with E-state index in [1.165, 1.54) is 6.26 Å². The quantitative estimate of drug-likeness (QED) is 0.859. The summed E-state index contributed by atoms with van der Waals surface area (Å²) in [4.78, 5) is 0. The Bertz CT molecular complexity index is 499. The first-order valence-corrected chi connectivity index (χ1v) is 7.38. The fraction of sp³-hybridized carbons (Fsp3) is 0.800. The van der Waals surface area contributed by atoms with Crippen LogP contribution in [0.4, 0.5) is 0 Å². The molecule has 0 radical (unpaired) electrons. The molecule has 6 nitrogen and oxygen atoms in total. The van der Waals surface area contributed by atoms with Crippen molar-refractivity contribution in [3.63, 3.8) is 0 Å². The Morgan fingerprint density at radius 1 is 1.35 bits per heavy atom. The van der Waals surface area contributed by atoms with Gasteiger partial charge in [-0.2, -0.15) is 0 Å². The highest BCUT2D eigenvalue weighted by Crippen LogP contribution is 2.26. The van der Waals surface area contributed by atoms with Crippen molar-refractivity contribution in [1.29, 1.82) is 0 Å². The average Bonchev–Trinajstić information content (AvgIpc) is 2.57. The molecule has 0 aliphatic rings. The van der Waals surface area contributed by atoms with Crippen LogP contribution in [-0.2, 0) is 21.9 Å². The number of nitrogens with zero attached hydrogens (tertiary/aromatic N) is 3. The molecule has 0 aliphatic carbocycles.